The molecule has 0 aliphatic heterocycles. The summed E-state index contributed by atoms with van der Waals surface area (Å²) in [4.78, 5) is 20.3. The normalized spacial score (nSPS) is 26.2. The largest absolute Gasteiger partial charge is 0.481 e. The Morgan fingerprint density at radius 3 is 2.90 bits per heavy atom. The minimum absolute atomic E-state index is 0.0560. The van der Waals surface area contributed by atoms with Gasteiger partial charge in [-0.05, 0) is 31.7 Å². The van der Waals surface area contributed by atoms with E-state index in [0.717, 1.165) is 36.1 Å². The first-order valence-electron chi connectivity index (χ1n) is 7.30. The number of imidazole rings is 1. The van der Waals surface area contributed by atoms with E-state index in [0.29, 0.717) is 6.04 Å². The van der Waals surface area contributed by atoms with E-state index in [1.807, 2.05) is 6.07 Å². The van der Waals surface area contributed by atoms with Gasteiger partial charge < -0.3 is 9.67 Å². The number of hydrogen-bond donors (Lipinski definition) is 1. The Morgan fingerprint density at radius 2 is 2.15 bits per heavy atom. The topological polar surface area (TPSA) is 68.0 Å². The maximum absolute atomic E-state index is 11.4. The lowest BCUT2D eigenvalue weighted by atomic mass is 9.95. The van der Waals surface area contributed by atoms with E-state index >= 15 is 0 Å². The van der Waals surface area contributed by atoms with E-state index in [4.69, 9.17) is 4.98 Å². The molecule has 0 spiro atoms. The molecule has 20 heavy (non-hydrogen) atoms. The second kappa shape index (κ2) is 4.30. The van der Waals surface area contributed by atoms with Crippen molar-refractivity contribution in [1.29, 1.82) is 0 Å². The maximum Gasteiger partial charge on any atom is 0.307 e. The third-order valence-electron chi connectivity index (χ3n) is 4.60. The Hall–Kier alpha value is -1.91. The van der Waals surface area contributed by atoms with Crippen molar-refractivity contribution in [2.24, 2.45) is 5.92 Å². The molecule has 5 nitrogen and oxygen atoms in total. The summed E-state index contributed by atoms with van der Waals surface area (Å²) < 4.78 is 2.28. The van der Waals surface area contributed by atoms with Crippen molar-refractivity contribution >= 4 is 17.0 Å². The molecule has 0 aromatic carbocycles. The first-order valence-corrected chi connectivity index (χ1v) is 7.30. The molecule has 0 saturated heterocycles. The van der Waals surface area contributed by atoms with Gasteiger partial charge in [-0.3, -0.25) is 9.78 Å². The van der Waals surface area contributed by atoms with Gasteiger partial charge in [-0.1, -0.05) is 6.42 Å². The van der Waals surface area contributed by atoms with E-state index in [1.165, 1.54) is 12.8 Å². The molecule has 2 aliphatic carbocycles. The lowest BCUT2D eigenvalue weighted by molar-refractivity contribution is -0.142. The zero-order valence-electron chi connectivity index (χ0n) is 11.2. The highest BCUT2D eigenvalue weighted by molar-refractivity contribution is 5.76. The molecule has 5 heteroatoms. The standard InChI is InChI=1S/C15H17N3O2/c19-15(20)11-3-1-2-10(11)14-17-12-8-16-7-6-13(12)18(14)9-4-5-9/h6-11H,1-5H2,(H,19,20). The van der Waals surface area contributed by atoms with Crippen molar-refractivity contribution in [3.05, 3.63) is 24.3 Å². The fourth-order valence-corrected chi connectivity index (χ4v) is 3.51. The van der Waals surface area contributed by atoms with E-state index < -0.39 is 5.97 Å². The van der Waals surface area contributed by atoms with Crippen molar-refractivity contribution in [2.75, 3.05) is 0 Å². The first-order chi connectivity index (χ1) is 9.75. The maximum atomic E-state index is 11.4. The van der Waals surface area contributed by atoms with Crippen molar-refractivity contribution in [2.45, 2.75) is 44.1 Å². The molecule has 104 valence electrons. The molecule has 2 unspecified atom stereocenters. The van der Waals surface area contributed by atoms with Crippen LogP contribution in [-0.2, 0) is 4.79 Å². The van der Waals surface area contributed by atoms with Crippen LogP contribution in [0, 0.1) is 5.92 Å². The van der Waals surface area contributed by atoms with Gasteiger partial charge in [0.05, 0.1) is 17.6 Å². The van der Waals surface area contributed by atoms with Crippen molar-refractivity contribution in [3.63, 3.8) is 0 Å². The van der Waals surface area contributed by atoms with Gasteiger partial charge in [0.1, 0.15) is 11.3 Å². The highest BCUT2D eigenvalue weighted by atomic mass is 16.4. The molecule has 2 aliphatic rings. The monoisotopic (exact) mass is 271 g/mol. The van der Waals surface area contributed by atoms with Crippen LogP contribution in [0.1, 0.15) is 49.9 Å². The van der Waals surface area contributed by atoms with Gasteiger partial charge >= 0.3 is 5.97 Å². The lowest BCUT2D eigenvalue weighted by Gasteiger charge is -2.17. The van der Waals surface area contributed by atoms with Gasteiger partial charge in [-0.2, -0.15) is 0 Å². The third kappa shape index (κ3) is 1.72. The van der Waals surface area contributed by atoms with Crippen LogP contribution < -0.4 is 0 Å². The summed E-state index contributed by atoms with van der Waals surface area (Å²) in [6.45, 7) is 0. The van der Waals surface area contributed by atoms with Gasteiger partial charge in [-0.15, -0.1) is 0 Å². The summed E-state index contributed by atoms with van der Waals surface area (Å²) in [5.74, 6) is 0.0678. The van der Waals surface area contributed by atoms with Gasteiger partial charge in [-0.25, -0.2) is 4.98 Å². The number of carboxylic acids is 1. The number of carbonyl (C=O) groups is 1. The van der Waals surface area contributed by atoms with Crippen LogP contribution in [0.25, 0.3) is 11.0 Å². The Bertz CT molecular complexity index is 675. The highest BCUT2D eigenvalue weighted by Gasteiger charge is 2.39. The number of rotatable bonds is 3. The minimum Gasteiger partial charge on any atom is -0.481 e. The number of nitrogens with zero attached hydrogens (tertiary/aromatic N) is 3. The second-order valence-electron chi connectivity index (χ2n) is 5.92. The van der Waals surface area contributed by atoms with Crippen LogP contribution in [0.3, 0.4) is 0 Å². The van der Waals surface area contributed by atoms with E-state index in [9.17, 15) is 9.90 Å². The Balaban J connectivity index is 1.86. The van der Waals surface area contributed by atoms with Crippen LogP contribution in [0.5, 0.6) is 0 Å². The lowest BCUT2D eigenvalue weighted by Crippen LogP contribution is -2.20. The number of pyridine rings is 1. The summed E-state index contributed by atoms with van der Waals surface area (Å²) in [5.41, 5.74) is 2.00. The average molecular weight is 271 g/mol. The number of hydrogen-bond acceptors (Lipinski definition) is 3. The quantitative estimate of drug-likeness (QED) is 0.932. The number of aliphatic carboxylic acids is 1. The van der Waals surface area contributed by atoms with Crippen LogP contribution >= 0.6 is 0 Å². The molecule has 1 N–H and O–H groups in total. The van der Waals surface area contributed by atoms with Crippen LogP contribution in [-0.4, -0.2) is 25.6 Å². The zero-order valence-corrected chi connectivity index (χ0v) is 11.2. The highest BCUT2D eigenvalue weighted by Crippen LogP contribution is 2.45. The Morgan fingerprint density at radius 1 is 1.30 bits per heavy atom. The van der Waals surface area contributed by atoms with Crippen molar-refractivity contribution in [3.8, 4) is 0 Å². The molecular weight excluding hydrogens is 254 g/mol. The molecule has 2 aromatic rings. The van der Waals surface area contributed by atoms with Crippen molar-refractivity contribution < 1.29 is 9.90 Å². The molecule has 4 rings (SSSR count). The van der Waals surface area contributed by atoms with Crippen LogP contribution in [0.4, 0.5) is 0 Å². The number of carboxylic acid groups (broad SMARTS) is 1. The van der Waals surface area contributed by atoms with Crippen LogP contribution in [0.15, 0.2) is 18.5 Å². The fraction of sp³-hybridized carbons (Fsp3) is 0.533. The summed E-state index contributed by atoms with van der Waals surface area (Å²) in [7, 11) is 0. The van der Waals surface area contributed by atoms with E-state index in [-0.39, 0.29) is 11.8 Å². The second-order valence-corrected chi connectivity index (χ2v) is 5.92. The molecule has 0 bridgehead atoms. The smallest absolute Gasteiger partial charge is 0.307 e. The van der Waals surface area contributed by atoms with Gasteiger partial charge in [0.2, 0.25) is 0 Å². The van der Waals surface area contributed by atoms with E-state index in [2.05, 4.69) is 9.55 Å². The third-order valence-corrected chi connectivity index (χ3v) is 4.60. The SMILES string of the molecule is O=C(O)C1CCCC1c1nc2cnccc2n1C1CC1. The summed E-state index contributed by atoms with van der Waals surface area (Å²) in [6, 6.07) is 2.50. The summed E-state index contributed by atoms with van der Waals surface area (Å²) in [6.07, 6.45) is 8.59. The molecule has 0 amide bonds. The fourth-order valence-electron chi connectivity index (χ4n) is 3.51. The Labute approximate surface area is 116 Å². The molecule has 2 fully saturated rings. The molecule has 2 atom stereocenters. The van der Waals surface area contributed by atoms with Gasteiger partial charge in [0.15, 0.2) is 0 Å². The predicted octanol–water partition coefficient (Wildman–Crippen LogP) is 2.73. The van der Waals surface area contributed by atoms with Gasteiger partial charge in [0, 0.05) is 18.2 Å². The molecule has 2 aromatic heterocycles. The van der Waals surface area contributed by atoms with Gasteiger partial charge in [0.25, 0.3) is 0 Å². The Kier molecular flexibility index (Phi) is 2.55. The summed E-state index contributed by atoms with van der Waals surface area (Å²) in [5, 5.41) is 9.42. The van der Waals surface area contributed by atoms with Crippen molar-refractivity contribution in [1.82, 2.24) is 14.5 Å². The first kappa shape index (κ1) is 11.9. The van der Waals surface area contributed by atoms with E-state index in [1.54, 1.807) is 12.4 Å². The molecule has 0 radical (unpaired) electrons. The average Bonchev–Trinajstić information content (AvgIpc) is 3.04. The van der Waals surface area contributed by atoms with Crippen LogP contribution in [0.2, 0.25) is 0 Å². The summed E-state index contributed by atoms with van der Waals surface area (Å²) >= 11 is 0. The predicted molar refractivity (Wildman–Crippen MR) is 73.5 cm³/mol. The number of aromatic nitrogens is 3. The molecule has 2 saturated carbocycles. The molecular formula is C15H17N3O2. The minimum atomic E-state index is -0.681. The molecule has 2 heterocycles. The zero-order chi connectivity index (χ0) is 13.7. The number of fused-ring (bicyclic) bond motifs is 1.